The Bertz CT molecular complexity index is 1800. The molecule has 1 saturated heterocycles. The molecule has 1 unspecified atom stereocenters. The molecule has 0 bridgehead atoms. The van der Waals surface area contributed by atoms with E-state index in [1.54, 1.807) is 17.1 Å². The van der Waals surface area contributed by atoms with Gasteiger partial charge < -0.3 is 21.4 Å². The van der Waals surface area contributed by atoms with Crippen LogP contribution in [0.3, 0.4) is 0 Å². The summed E-state index contributed by atoms with van der Waals surface area (Å²) in [5.41, 5.74) is 6.73. The van der Waals surface area contributed by atoms with Gasteiger partial charge in [0.1, 0.15) is 36.2 Å². The van der Waals surface area contributed by atoms with Gasteiger partial charge in [-0.25, -0.2) is 19.3 Å². The Morgan fingerprint density at radius 3 is 2.88 bits per heavy atom. The van der Waals surface area contributed by atoms with Gasteiger partial charge in [0.25, 0.3) is 11.8 Å². The molecule has 2 amide bonds. The number of aliphatic carboxylic acids is 1. The van der Waals surface area contributed by atoms with E-state index in [2.05, 4.69) is 29.8 Å². The molecule has 6 heterocycles. The number of anilines is 1. The average molecular weight is 644 g/mol. The summed E-state index contributed by atoms with van der Waals surface area (Å²) in [6.07, 6.45) is 7.27. The van der Waals surface area contributed by atoms with Crippen LogP contribution in [0.5, 0.6) is 0 Å². The predicted octanol–water partition coefficient (Wildman–Crippen LogP) is 0.921. The maximum atomic E-state index is 13.0. The van der Waals surface area contributed by atoms with Gasteiger partial charge in [0.15, 0.2) is 27.6 Å². The Labute approximate surface area is 253 Å². The van der Waals surface area contributed by atoms with E-state index >= 15 is 0 Å². The van der Waals surface area contributed by atoms with E-state index in [0.717, 1.165) is 50.8 Å². The number of hydrogen-bond acceptors (Lipinski definition) is 14. The number of nitrogen functional groups attached to an aromatic ring is 1. The Morgan fingerprint density at radius 2 is 2.17 bits per heavy atom. The zero-order valence-electron chi connectivity index (χ0n) is 21.3. The van der Waals surface area contributed by atoms with Gasteiger partial charge >= 0.3 is 5.97 Å². The largest absolute Gasteiger partial charge is 0.477 e. The molecule has 5 N–H and O–H groups in total. The topological polar surface area (TPSA) is 206 Å². The molecule has 2 aliphatic heterocycles. The molecule has 6 rings (SSSR count). The third-order valence-corrected chi connectivity index (χ3v) is 10.1. The summed E-state index contributed by atoms with van der Waals surface area (Å²) in [4.78, 5) is 52.5. The quantitative estimate of drug-likeness (QED) is 0.0696. The molecule has 214 valence electrons. The third kappa shape index (κ3) is 5.10. The number of aromatic nitrogens is 6. The van der Waals surface area contributed by atoms with Gasteiger partial charge in [0, 0.05) is 28.3 Å². The number of imidazole rings is 1. The molecular formula is C23H19N10O5S4+. The molecule has 4 aromatic heterocycles. The molecule has 2 atom stereocenters. The minimum absolute atomic E-state index is 0.0553. The number of thiazole rings is 1. The number of thioether (sulfide) groups is 2. The average Bonchev–Trinajstić information content (AvgIpc) is 3.73. The first-order valence-electron chi connectivity index (χ1n) is 11.9. The highest BCUT2D eigenvalue weighted by Crippen LogP contribution is 2.45. The van der Waals surface area contributed by atoms with Crippen LogP contribution in [0.25, 0.3) is 17.2 Å². The number of carbonyl (C=O) groups is 3. The van der Waals surface area contributed by atoms with Crippen molar-refractivity contribution >= 4 is 75.0 Å². The van der Waals surface area contributed by atoms with Gasteiger partial charge in [-0.3, -0.25) is 19.1 Å². The van der Waals surface area contributed by atoms with E-state index in [4.69, 9.17) is 5.73 Å². The Morgan fingerprint density at radius 1 is 1.33 bits per heavy atom. The lowest BCUT2D eigenvalue weighted by Crippen LogP contribution is -2.71. The number of nitrogens with one attached hydrogen (secondary N) is 1. The number of oxime groups is 1. The van der Waals surface area contributed by atoms with E-state index < -0.39 is 34.9 Å². The maximum absolute atomic E-state index is 13.0. The first-order valence-corrected chi connectivity index (χ1v) is 15.4. The molecule has 0 radical (unpaired) electrons. The third-order valence-electron chi connectivity index (χ3n) is 6.16. The number of hydrogen-bond donors (Lipinski definition) is 4. The van der Waals surface area contributed by atoms with Crippen LogP contribution in [0.4, 0.5) is 5.13 Å². The van der Waals surface area contributed by atoms with Gasteiger partial charge in [-0.1, -0.05) is 16.9 Å². The molecule has 0 aromatic carbocycles. The van der Waals surface area contributed by atoms with Crippen LogP contribution in [0.15, 0.2) is 62.5 Å². The number of nitrogens with zero attached hydrogens (tertiary/aromatic N) is 8. The van der Waals surface area contributed by atoms with Crippen molar-refractivity contribution in [1.82, 2.24) is 34.1 Å². The summed E-state index contributed by atoms with van der Waals surface area (Å²) >= 11 is 4.56. The highest BCUT2D eigenvalue weighted by molar-refractivity contribution is 8.07. The first-order chi connectivity index (χ1) is 20.2. The van der Waals surface area contributed by atoms with Crippen molar-refractivity contribution in [3.63, 3.8) is 0 Å². The fourth-order valence-electron chi connectivity index (χ4n) is 4.26. The molecule has 4 aromatic rings. The SMILES string of the molecule is C[n+]1cccc(-c2cn(-c3nsc(SC4=C(C(=O)O)N5C(=O)[C@@H](NC(=O)/C(=N\O)c6csc(N)n6)C5SC4)n3)cn2)c1. The number of carboxylic acids is 1. The number of β-lactam (4-membered cyclic amide) rings is 1. The second-order valence-corrected chi connectivity index (χ2v) is 12.9. The Hall–Kier alpha value is -4.33. The molecule has 15 nitrogen and oxygen atoms in total. The number of nitrogens with two attached hydrogens (primary N) is 1. The number of amides is 2. The van der Waals surface area contributed by atoms with Gasteiger partial charge in [-0.2, -0.15) is 9.36 Å². The van der Waals surface area contributed by atoms with Crippen LogP contribution in [0.1, 0.15) is 5.69 Å². The number of rotatable bonds is 8. The molecular weight excluding hydrogens is 625 g/mol. The number of pyridine rings is 1. The van der Waals surface area contributed by atoms with Gasteiger partial charge in [0.05, 0.1) is 11.3 Å². The minimum atomic E-state index is -1.28. The van der Waals surface area contributed by atoms with E-state index in [9.17, 15) is 24.7 Å². The Balaban J connectivity index is 1.17. The van der Waals surface area contributed by atoms with Crippen LogP contribution in [-0.2, 0) is 21.4 Å². The van der Waals surface area contributed by atoms with Crippen LogP contribution < -0.4 is 15.6 Å². The van der Waals surface area contributed by atoms with E-state index in [1.807, 2.05) is 36.1 Å². The monoisotopic (exact) mass is 643 g/mol. The van der Waals surface area contributed by atoms with Crippen LogP contribution >= 0.6 is 46.4 Å². The van der Waals surface area contributed by atoms with Crippen LogP contribution in [0.2, 0.25) is 0 Å². The smallest absolute Gasteiger partial charge is 0.353 e. The predicted molar refractivity (Wildman–Crippen MR) is 154 cm³/mol. The van der Waals surface area contributed by atoms with Crippen molar-refractivity contribution in [3.8, 4) is 17.2 Å². The van der Waals surface area contributed by atoms with Gasteiger partial charge in [-0.05, 0) is 17.6 Å². The molecule has 2 aliphatic rings. The molecule has 19 heteroatoms. The van der Waals surface area contributed by atoms with E-state index in [-0.39, 0.29) is 22.3 Å². The molecule has 0 aliphatic carbocycles. The summed E-state index contributed by atoms with van der Waals surface area (Å²) in [5.74, 6) is -2.09. The second-order valence-electron chi connectivity index (χ2n) is 8.84. The minimum Gasteiger partial charge on any atom is -0.477 e. The number of aryl methyl sites for hydroxylation is 1. The van der Waals surface area contributed by atoms with E-state index in [0.29, 0.717) is 15.2 Å². The fourth-order valence-corrected chi connectivity index (χ4v) is 8.05. The standard InChI is InChI=1S/C23H18N10O5S4/c1-31-4-2-3-10(5-31)11-6-32(9-25-11)22-28-23(42-30-22)41-13-8-39-19-15(18(35)33(19)16(13)20(36)37)27-17(34)14(29-38)12-7-40-21(24)26-12/h2-7,9,15,19H,8H2,1H3,(H4-,24,26,27,34,36,37,38)/p+1/t15-,19?/m1/s1. The second kappa shape index (κ2) is 11.2. The van der Waals surface area contributed by atoms with E-state index in [1.165, 1.54) is 17.1 Å². The Kier molecular flexibility index (Phi) is 7.39. The van der Waals surface area contributed by atoms with Crippen molar-refractivity contribution in [1.29, 1.82) is 0 Å². The fraction of sp³-hybridized carbons (Fsp3) is 0.174. The summed E-state index contributed by atoms with van der Waals surface area (Å²) in [5, 5.41) is 25.8. The zero-order chi connectivity index (χ0) is 29.5. The lowest BCUT2D eigenvalue weighted by molar-refractivity contribution is -0.671. The van der Waals surface area contributed by atoms with Crippen molar-refractivity contribution < 1.29 is 29.3 Å². The van der Waals surface area contributed by atoms with Crippen LogP contribution in [0, 0.1) is 0 Å². The zero-order valence-corrected chi connectivity index (χ0v) is 24.6. The lowest BCUT2D eigenvalue weighted by Gasteiger charge is -2.49. The van der Waals surface area contributed by atoms with Crippen molar-refractivity contribution in [2.24, 2.45) is 12.2 Å². The van der Waals surface area contributed by atoms with Crippen molar-refractivity contribution in [2.45, 2.75) is 15.8 Å². The number of carbonyl (C=O) groups excluding carboxylic acids is 2. The molecule has 0 saturated carbocycles. The molecule has 42 heavy (non-hydrogen) atoms. The summed E-state index contributed by atoms with van der Waals surface area (Å²) in [6.45, 7) is 0. The first kappa shape index (κ1) is 27.8. The van der Waals surface area contributed by atoms with Gasteiger partial charge in [-0.15, -0.1) is 23.1 Å². The molecule has 0 spiro atoms. The van der Waals surface area contributed by atoms with Crippen molar-refractivity contribution in [3.05, 3.63) is 58.7 Å². The number of fused-ring (bicyclic) bond motifs is 1. The maximum Gasteiger partial charge on any atom is 0.353 e. The van der Waals surface area contributed by atoms with Crippen LogP contribution in [-0.4, -0.2) is 79.8 Å². The number of carboxylic acid groups (broad SMARTS) is 1. The van der Waals surface area contributed by atoms with Crippen molar-refractivity contribution in [2.75, 3.05) is 11.5 Å². The van der Waals surface area contributed by atoms with Gasteiger partial charge in [0.2, 0.25) is 5.95 Å². The lowest BCUT2D eigenvalue weighted by atomic mass is 10.0. The highest BCUT2D eigenvalue weighted by atomic mass is 32.2. The summed E-state index contributed by atoms with van der Waals surface area (Å²) in [6, 6.07) is 2.84. The highest BCUT2D eigenvalue weighted by Gasteiger charge is 2.54. The normalized spacial score (nSPS) is 18.5. The molecule has 1 fully saturated rings. The summed E-state index contributed by atoms with van der Waals surface area (Å²) in [7, 11) is 1.92. The summed E-state index contributed by atoms with van der Waals surface area (Å²) < 4.78 is 8.47.